The molecule has 14 heavy (non-hydrogen) atoms. The standard InChI is InChI=1S/C10H19NO3/c1-13-7-8-3-5-10(11,6-4-8)9(12)14-2/h8H,3-7,11H2,1-2H3. The fourth-order valence-corrected chi connectivity index (χ4v) is 2.00. The second kappa shape index (κ2) is 4.75. The normalized spacial score (nSPS) is 32.6. The topological polar surface area (TPSA) is 61.5 Å². The van der Waals surface area contributed by atoms with Gasteiger partial charge in [-0.25, -0.2) is 0 Å². The number of nitrogens with two attached hydrogens (primary N) is 1. The van der Waals surface area contributed by atoms with E-state index in [2.05, 4.69) is 0 Å². The Hall–Kier alpha value is -0.610. The molecule has 1 fully saturated rings. The highest BCUT2D eigenvalue weighted by atomic mass is 16.5. The van der Waals surface area contributed by atoms with Crippen molar-refractivity contribution in [2.24, 2.45) is 11.7 Å². The number of carbonyl (C=O) groups is 1. The van der Waals surface area contributed by atoms with Crippen LogP contribution in [0.3, 0.4) is 0 Å². The molecule has 2 N–H and O–H groups in total. The van der Waals surface area contributed by atoms with Gasteiger partial charge in [-0.2, -0.15) is 0 Å². The van der Waals surface area contributed by atoms with E-state index in [1.165, 1.54) is 7.11 Å². The van der Waals surface area contributed by atoms with Gasteiger partial charge in [0.05, 0.1) is 7.11 Å². The molecule has 0 aliphatic heterocycles. The van der Waals surface area contributed by atoms with E-state index in [0.29, 0.717) is 18.8 Å². The minimum Gasteiger partial charge on any atom is -0.468 e. The van der Waals surface area contributed by atoms with Gasteiger partial charge in [-0.15, -0.1) is 0 Å². The molecule has 4 heteroatoms. The second-order valence-electron chi connectivity index (χ2n) is 4.05. The van der Waals surface area contributed by atoms with Crippen molar-refractivity contribution in [3.05, 3.63) is 0 Å². The number of methoxy groups -OCH3 is 2. The molecule has 0 amide bonds. The molecule has 0 unspecified atom stereocenters. The Kier molecular flexibility index (Phi) is 3.89. The number of esters is 1. The van der Waals surface area contributed by atoms with Crippen LogP contribution < -0.4 is 5.73 Å². The Bertz CT molecular complexity index is 198. The Morgan fingerprint density at radius 1 is 1.43 bits per heavy atom. The van der Waals surface area contributed by atoms with Crippen LogP contribution in [0, 0.1) is 5.92 Å². The van der Waals surface area contributed by atoms with Crippen LogP contribution in [-0.4, -0.2) is 32.3 Å². The predicted molar refractivity (Wildman–Crippen MR) is 52.8 cm³/mol. The lowest BCUT2D eigenvalue weighted by molar-refractivity contribution is -0.148. The van der Waals surface area contributed by atoms with Gasteiger partial charge in [0.2, 0.25) is 0 Å². The largest absolute Gasteiger partial charge is 0.468 e. The summed E-state index contributed by atoms with van der Waals surface area (Å²) in [6.07, 6.45) is 3.29. The molecule has 0 heterocycles. The summed E-state index contributed by atoms with van der Waals surface area (Å²) < 4.78 is 9.77. The van der Waals surface area contributed by atoms with E-state index < -0.39 is 5.54 Å². The van der Waals surface area contributed by atoms with Crippen molar-refractivity contribution >= 4 is 5.97 Å². The molecule has 1 rings (SSSR count). The van der Waals surface area contributed by atoms with Crippen molar-refractivity contribution < 1.29 is 14.3 Å². The van der Waals surface area contributed by atoms with Gasteiger partial charge >= 0.3 is 5.97 Å². The molecule has 82 valence electrons. The summed E-state index contributed by atoms with van der Waals surface area (Å²) in [7, 11) is 3.09. The smallest absolute Gasteiger partial charge is 0.325 e. The quantitative estimate of drug-likeness (QED) is 0.682. The maximum Gasteiger partial charge on any atom is 0.325 e. The van der Waals surface area contributed by atoms with Gasteiger partial charge in [0.1, 0.15) is 5.54 Å². The number of hydrogen-bond donors (Lipinski definition) is 1. The minimum absolute atomic E-state index is 0.284. The van der Waals surface area contributed by atoms with Crippen LogP contribution in [0.4, 0.5) is 0 Å². The fourth-order valence-electron chi connectivity index (χ4n) is 2.00. The number of carbonyl (C=O) groups excluding carboxylic acids is 1. The molecular weight excluding hydrogens is 182 g/mol. The van der Waals surface area contributed by atoms with E-state index in [1.54, 1.807) is 7.11 Å². The molecule has 1 saturated carbocycles. The van der Waals surface area contributed by atoms with E-state index in [9.17, 15) is 4.79 Å². The highest BCUT2D eigenvalue weighted by molar-refractivity contribution is 5.80. The summed E-state index contributed by atoms with van der Waals surface area (Å²) in [4.78, 5) is 11.4. The third kappa shape index (κ3) is 2.45. The monoisotopic (exact) mass is 201 g/mol. The van der Waals surface area contributed by atoms with Crippen LogP contribution >= 0.6 is 0 Å². The lowest BCUT2D eigenvalue weighted by Gasteiger charge is -2.34. The molecule has 0 aromatic rings. The molecule has 0 aromatic carbocycles. The first-order chi connectivity index (χ1) is 6.62. The lowest BCUT2D eigenvalue weighted by Crippen LogP contribution is -2.51. The fraction of sp³-hybridized carbons (Fsp3) is 0.900. The second-order valence-corrected chi connectivity index (χ2v) is 4.05. The molecule has 4 nitrogen and oxygen atoms in total. The van der Waals surface area contributed by atoms with Crippen LogP contribution in [0.15, 0.2) is 0 Å². The van der Waals surface area contributed by atoms with E-state index >= 15 is 0 Å². The van der Waals surface area contributed by atoms with E-state index in [4.69, 9.17) is 15.2 Å². The Morgan fingerprint density at radius 2 is 2.00 bits per heavy atom. The molecule has 0 saturated heterocycles. The third-order valence-electron chi connectivity index (χ3n) is 2.99. The van der Waals surface area contributed by atoms with Gasteiger partial charge in [0, 0.05) is 13.7 Å². The van der Waals surface area contributed by atoms with Crippen LogP contribution in [0.2, 0.25) is 0 Å². The first kappa shape index (κ1) is 11.5. The number of ether oxygens (including phenoxy) is 2. The summed E-state index contributed by atoms with van der Waals surface area (Å²) in [6, 6.07) is 0. The average Bonchev–Trinajstić information content (AvgIpc) is 2.21. The summed E-state index contributed by atoms with van der Waals surface area (Å²) in [5, 5.41) is 0. The Morgan fingerprint density at radius 3 is 2.43 bits per heavy atom. The lowest BCUT2D eigenvalue weighted by atomic mass is 9.77. The highest BCUT2D eigenvalue weighted by Crippen LogP contribution is 2.31. The van der Waals surface area contributed by atoms with Gasteiger partial charge < -0.3 is 15.2 Å². The zero-order chi connectivity index (χ0) is 10.6. The van der Waals surface area contributed by atoms with Crippen molar-refractivity contribution in [3.8, 4) is 0 Å². The molecule has 0 radical (unpaired) electrons. The zero-order valence-corrected chi connectivity index (χ0v) is 8.91. The van der Waals surface area contributed by atoms with Gasteiger partial charge in [-0.3, -0.25) is 4.79 Å². The predicted octanol–water partition coefficient (Wildman–Crippen LogP) is 0.694. The molecular formula is C10H19NO3. The van der Waals surface area contributed by atoms with Crippen molar-refractivity contribution in [1.29, 1.82) is 0 Å². The van der Waals surface area contributed by atoms with Crippen LogP contribution in [0.25, 0.3) is 0 Å². The van der Waals surface area contributed by atoms with Crippen molar-refractivity contribution in [2.75, 3.05) is 20.8 Å². The summed E-state index contributed by atoms with van der Waals surface area (Å²) in [6.45, 7) is 0.761. The van der Waals surface area contributed by atoms with Gasteiger partial charge in [-0.1, -0.05) is 0 Å². The Balaban J connectivity index is 2.44. The first-order valence-corrected chi connectivity index (χ1v) is 4.98. The van der Waals surface area contributed by atoms with Crippen molar-refractivity contribution in [2.45, 2.75) is 31.2 Å². The van der Waals surface area contributed by atoms with E-state index in [-0.39, 0.29) is 5.97 Å². The highest BCUT2D eigenvalue weighted by Gasteiger charge is 2.38. The molecule has 0 spiro atoms. The van der Waals surface area contributed by atoms with Gasteiger partial charge in [-0.05, 0) is 31.6 Å². The molecule has 0 atom stereocenters. The number of hydrogen-bond acceptors (Lipinski definition) is 4. The van der Waals surface area contributed by atoms with Crippen LogP contribution in [0.5, 0.6) is 0 Å². The maximum atomic E-state index is 11.4. The molecule has 1 aliphatic carbocycles. The van der Waals surface area contributed by atoms with E-state index in [1.807, 2.05) is 0 Å². The van der Waals surface area contributed by atoms with Gasteiger partial charge in [0.15, 0.2) is 0 Å². The van der Waals surface area contributed by atoms with E-state index in [0.717, 1.165) is 19.4 Å². The van der Waals surface area contributed by atoms with Gasteiger partial charge in [0.25, 0.3) is 0 Å². The SMILES string of the molecule is COCC1CCC(N)(C(=O)OC)CC1. The zero-order valence-electron chi connectivity index (χ0n) is 8.91. The summed E-state index contributed by atoms with van der Waals surface area (Å²) in [5.41, 5.74) is 5.21. The molecule has 1 aliphatic rings. The number of rotatable bonds is 3. The van der Waals surface area contributed by atoms with Crippen molar-refractivity contribution in [3.63, 3.8) is 0 Å². The molecule has 0 aromatic heterocycles. The summed E-state index contributed by atoms with van der Waals surface area (Å²) in [5.74, 6) is 0.259. The van der Waals surface area contributed by atoms with Crippen molar-refractivity contribution in [1.82, 2.24) is 0 Å². The Labute approximate surface area is 84.7 Å². The third-order valence-corrected chi connectivity index (χ3v) is 2.99. The maximum absolute atomic E-state index is 11.4. The molecule has 0 bridgehead atoms. The average molecular weight is 201 g/mol. The van der Waals surface area contributed by atoms with Crippen LogP contribution in [-0.2, 0) is 14.3 Å². The first-order valence-electron chi connectivity index (χ1n) is 4.98. The summed E-state index contributed by atoms with van der Waals surface area (Å²) >= 11 is 0. The minimum atomic E-state index is -0.751. The van der Waals surface area contributed by atoms with Crippen LogP contribution in [0.1, 0.15) is 25.7 Å².